The molecule has 2 heteroatoms. The Morgan fingerprint density at radius 2 is 1.39 bits per heavy atom. The zero-order valence-electron chi connectivity index (χ0n) is 13.2. The Morgan fingerprint density at radius 3 is 1.83 bits per heavy atom. The Bertz CT molecular complexity index is 178. The van der Waals surface area contributed by atoms with Crippen LogP contribution in [0, 0.1) is 5.41 Å². The fourth-order valence-corrected chi connectivity index (χ4v) is 2.43. The zero-order chi connectivity index (χ0) is 13.9. The molecule has 0 radical (unpaired) electrons. The van der Waals surface area contributed by atoms with E-state index in [1.165, 1.54) is 64.2 Å². The summed E-state index contributed by atoms with van der Waals surface area (Å²) in [5.41, 5.74) is 3.33. The van der Waals surface area contributed by atoms with Crippen LogP contribution in [0.3, 0.4) is 0 Å². The summed E-state index contributed by atoms with van der Waals surface area (Å²) in [5.74, 6) is 5.68. The van der Waals surface area contributed by atoms with Gasteiger partial charge in [-0.1, -0.05) is 79.1 Å². The van der Waals surface area contributed by atoms with Crippen molar-refractivity contribution in [3.05, 3.63) is 0 Å². The highest BCUT2D eigenvalue weighted by molar-refractivity contribution is 4.81. The van der Waals surface area contributed by atoms with Crippen molar-refractivity contribution in [3.8, 4) is 0 Å². The van der Waals surface area contributed by atoms with Crippen LogP contribution in [0.4, 0.5) is 0 Å². The molecule has 0 aromatic heterocycles. The normalized spacial score (nSPS) is 13.8. The fraction of sp³-hybridized carbons (Fsp3) is 1.00. The summed E-state index contributed by atoms with van der Waals surface area (Å²) in [6.45, 7) is 9.14. The average molecular weight is 256 g/mol. The van der Waals surface area contributed by atoms with E-state index >= 15 is 0 Å². The molecule has 18 heavy (non-hydrogen) atoms. The lowest BCUT2D eigenvalue weighted by atomic mass is 9.80. The molecule has 0 aromatic carbocycles. The van der Waals surface area contributed by atoms with Crippen molar-refractivity contribution in [1.29, 1.82) is 0 Å². The molecule has 0 rings (SSSR count). The quantitative estimate of drug-likeness (QED) is 0.299. The molecule has 0 bridgehead atoms. The molecule has 0 amide bonds. The highest BCUT2D eigenvalue weighted by atomic mass is 15.2. The second-order valence-corrected chi connectivity index (χ2v) is 6.32. The first kappa shape index (κ1) is 17.9. The Balaban J connectivity index is 3.52. The Hall–Kier alpha value is -0.0800. The smallest absolute Gasteiger partial charge is 0.0261 e. The number of hydrazine groups is 1. The zero-order valence-corrected chi connectivity index (χ0v) is 13.2. The first-order chi connectivity index (χ1) is 8.58. The molecular formula is C16H36N2. The van der Waals surface area contributed by atoms with Gasteiger partial charge in [0, 0.05) is 6.04 Å². The summed E-state index contributed by atoms with van der Waals surface area (Å²) >= 11 is 0. The van der Waals surface area contributed by atoms with E-state index in [0.29, 0.717) is 11.5 Å². The second kappa shape index (κ2) is 10.8. The van der Waals surface area contributed by atoms with Gasteiger partial charge in [0.2, 0.25) is 0 Å². The van der Waals surface area contributed by atoms with Crippen molar-refractivity contribution in [3.63, 3.8) is 0 Å². The number of hydrogen-bond donors (Lipinski definition) is 2. The van der Waals surface area contributed by atoms with Gasteiger partial charge in [0.25, 0.3) is 0 Å². The Kier molecular flexibility index (Phi) is 10.8. The van der Waals surface area contributed by atoms with Crippen molar-refractivity contribution < 1.29 is 0 Å². The van der Waals surface area contributed by atoms with Crippen LogP contribution < -0.4 is 11.3 Å². The van der Waals surface area contributed by atoms with E-state index in [1.807, 2.05) is 0 Å². The van der Waals surface area contributed by atoms with Crippen molar-refractivity contribution in [1.82, 2.24) is 5.43 Å². The molecule has 0 aliphatic heterocycles. The van der Waals surface area contributed by atoms with Crippen LogP contribution in [0.5, 0.6) is 0 Å². The van der Waals surface area contributed by atoms with E-state index in [4.69, 9.17) is 5.84 Å². The summed E-state index contributed by atoms with van der Waals surface area (Å²) < 4.78 is 0. The summed E-state index contributed by atoms with van der Waals surface area (Å²) in [4.78, 5) is 0. The van der Waals surface area contributed by atoms with Gasteiger partial charge in [-0.3, -0.25) is 11.3 Å². The minimum absolute atomic E-state index is 0.315. The molecule has 0 heterocycles. The van der Waals surface area contributed by atoms with Gasteiger partial charge in [-0.2, -0.15) is 0 Å². The van der Waals surface area contributed by atoms with Crippen LogP contribution in [-0.2, 0) is 0 Å². The van der Waals surface area contributed by atoms with Crippen LogP contribution in [0.1, 0.15) is 91.9 Å². The van der Waals surface area contributed by atoms with Gasteiger partial charge >= 0.3 is 0 Å². The molecule has 3 N–H and O–H groups in total. The fourth-order valence-electron chi connectivity index (χ4n) is 2.43. The second-order valence-electron chi connectivity index (χ2n) is 6.32. The van der Waals surface area contributed by atoms with E-state index in [2.05, 4.69) is 33.1 Å². The third-order valence-corrected chi connectivity index (χ3v) is 4.40. The molecule has 0 saturated carbocycles. The number of nitrogens with one attached hydrogen (secondary N) is 1. The summed E-state index contributed by atoms with van der Waals surface area (Å²) in [6.07, 6.45) is 13.5. The van der Waals surface area contributed by atoms with Gasteiger partial charge in [0.05, 0.1) is 0 Å². The molecule has 110 valence electrons. The molecule has 0 saturated heterocycles. The van der Waals surface area contributed by atoms with Crippen LogP contribution in [0.2, 0.25) is 0 Å². The van der Waals surface area contributed by atoms with Gasteiger partial charge in [0.1, 0.15) is 0 Å². The van der Waals surface area contributed by atoms with Gasteiger partial charge in [0.15, 0.2) is 0 Å². The maximum atomic E-state index is 5.68. The summed E-state index contributed by atoms with van der Waals surface area (Å²) in [7, 11) is 0. The van der Waals surface area contributed by atoms with E-state index in [-0.39, 0.29) is 0 Å². The number of hydrogen-bond acceptors (Lipinski definition) is 2. The minimum atomic E-state index is 0.315. The number of rotatable bonds is 12. The minimum Gasteiger partial charge on any atom is -0.271 e. The van der Waals surface area contributed by atoms with Crippen molar-refractivity contribution in [2.75, 3.05) is 0 Å². The summed E-state index contributed by atoms with van der Waals surface area (Å²) in [5, 5.41) is 0. The maximum absolute atomic E-state index is 5.68. The SMILES string of the molecule is CCCCCCCCCCC(NN)C(C)(C)CC. The number of unbranched alkanes of at least 4 members (excludes halogenated alkanes) is 7. The lowest BCUT2D eigenvalue weighted by Gasteiger charge is -2.33. The third-order valence-electron chi connectivity index (χ3n) is 4.40. The van der Waals surface area contributed by atoms with Gasteiger partial charge < -0.3 is 0 Å². The lowest BCUT2D eigenvalue weighted by molar-refractivity contribution is 0.217. The first-order valence-corrected chi connectivity index (χ1v) is 8.04. The van der Waals surface area contributed by atoms with Crippen molar-refractivity contribution >= 4 is 0 Å². The third kappa shape index (κ3) is 8.10. The molecule has 0 aromatic rings. The Morgan fingerprint density at radius 1 is 0.889 bits per heavy atom. The molecule has 0 spiro atoms. The monoisotopic (exact) mass is 256 g/mol. The van der Waals surface area contributed by atoms with Crippen LogP contribution >= 0.6 is 0 Å². The molecule has 0 fully saturated rings. The highest BCUT2D eigenvalue weighted by Gasteiger charge is 2.25. The van der Waals surface area contributed by atoms with E-state index < -0.39 is 0 Å². The molecule has 1 atom stereocenters. The predicted octanol–water partition coefficient (Wildman–Crippen LogP) is 4.79. The standard InChI is InChI=1S/C16H36N2/c1-5-7-8-9-10-11-12-13-14-15(18-17)16(3,4)6-2/h15,18H,5-14,17H2,1-4H3. The first-order valence-electron chi connectivity index (χ1n) is 8.04. The molecule has 0 aliphatic rings. The van der Waals surface area contributed by atoms with E-state index in [1.54, 1.807) is 0 Å². The van der Waals surface area contributed by atoms with Crippen LogP contribution in [0.25, 0.3) is 0 Å². The predicted molar refractivity (Wildman–Crippen MR) is 82.4 cm³/mol. The lowest BCUT2D eigenvalue weighted by Crippen LogP contribution is -2.45. The van der Waals surface area contributed by atoms with Crippen molar-refractivity contribution in [2.24, 2.45) is 11.3 Å². The van der Waals surface area contributed by atoms with Gasteiger partial charge in [-0.05, 0) is 18.3 Å². The highest BCUT2D eigenvalue weighted by Crippen LogP contribution is 2.27. The van der Waals surface area contributed by atoms with Gasteiger partial charge in [-0.25, -0.2) is 0 Å². The molecule has 0 aliphatic carbocycles. The molecule has 2 nitrogen and oxygen atoms in total. The largest absolute Gasteiger partial charge is 0.271 e. The summed E-state index contributed by atoms with van der Waals surface area (Å²) in [6, 6.07) is 0.461. The van der Waals surface area contributed by atoms with E-state index in [9.17, 15) is 0 Å². The molecular weight excluding hydrogens is 220 g/mol. The van der Waals surface area contributed by atoms with Crippen LogP contribution in [0.15, 0.2) is 0 Å². The topological polar surface area (TPSA) is 38.0 Å². The average Bonchev–Trinajstić information content (AvgIpc) is 2.36. The van der Waals surface area contributed by atoms with Crippen LogP contribution in [-0.4, -0.2) is 6.04 Å². The molecule has 1 unspecified atom stereocenters. The van der Waals surface area contributed by atoms with E-state index in [0.717, 1.165) is 0 Å². The van der Waals surface area contributed by atoms with Crippen molar-refractivity contribution in [2.45, 2.75) is 97.9 Å². The number of nitrogens with two attached hydrogens (primary N) is 1. The Labute approximate surface area is 115 Å². The van der Waals surface area contributed by atoms with Gasteiger partial charge in [-0.15, -0.1) is 0 Å². The maximum Gasteiger partial charge on any atom is 0.0261 e.